The van der Waals surface area contributed by atoms with Crippen molar-refractivity contribution in [3.63, 3.8) is 0 Å². The van der Waals surface area contributed by atoms with Gasteiger partial charge in [-0.2, -0.15) is 0 Å². The molecule has 0 aliphatic heterocycles. The number of nitrogens with zero attached hydrogens (tertiary/aromatic N) is 1. The van der Waals surface area contributed by atoms with E-state index in [9.17, 15) is 9.59 Å². The Morgan fingerprint density at radius 3 is 1.98 bits per heavy atom. The summed E-state index contributed by atoms with van der Waals surface area (Å²) in [7, 11) is 5.21. The summed E-state index contributed by atoms with van der Waals surface area (Å²) in [5.41, 5.74) is 6.38. The minimum Gasteiger partial charge on any atom is -0.497 e. The van der Waals surface area contributed by atoms with E-state index in [1.54, 1.807) is 62.8 Å². The molecule has 0 bridgehead atoms. The molecule has 4 aromatic carbocycles. The zero-order chi connectivity index (χ0) is 33.5. The largest absolute Gasteiger partial charge is 0.497 e. The average molecular weight is 656 g/mol. The van der Waals surface area contributed by atoms with E-state index in [-0.39, 0.29) is 22.4 Å². The van der Waals surface area contributed by atoms with Gasteiger partial charge in [0, 0.05) is 12.5 Å². The van der Waals surface area contributed by atoms with E-state index in [0.29, 0.717) is 29.0 Å². The lowest BCUT2D eigenvalue weighted by molar-refractivity contribution is 0.0682. The van der Waals surface area contributed by atoms with Gasteiger partial charge in [-0.15, -0.1) is 0 Å². The van der Waals surface area contributed by atoms with Crippen molar-refractivity contribution >= 4 is 23.5 Å². The van der Waals surface area contributed by atoms with Crippen molar-refractivity contribution in [3.05, 3.63) is 117 Å². The van der Waals surface area contributed by atoms with Gasteiger partial charge in [0.1, 0.15) is 11.5 Å². The first-order chi connectivity index (χ1) is 22.8. The van der Waals surface area contributed by atoms with E-state index in [1.807, 2.05) is 6.07 Å². The fraction of sp³-hybridized carbons (Fsp3) is 0.333. The first-order valence-corrected chi connectivity index (χ1v) is 16.5. The number of esters is 2. The minimum absolute atomic E-state index is 0.0121. The Labute approximate surface area is 282 Å². The monoisotopic (exact) mass is 655 g/mol. The summed E-state index contributed by atoms with van der Waals surface area (Å²) in [6.45, 7) is 5.79. The highest BCUT2D eigenvalue weighted by Gasteiger charge is 2.29. The molecule has 1 atom stereocenters. The van der Waals surface area contributed by atoms with E-state index >= 15 is 0 Å². The number of carbonyl (C=O) groups is 2. The van der Waals surface area contributed by atoms with Crippen LogP contribution in [0.5, 0.6) is 23.0 Å². The van der Waals surface area contributed by atoms with E-state index in [4.69, 9.17) is 30.5 Å². The van der Waals surface area contributed by atoms with Crippen LogP contribution < -0.4 is 18.9 Å². The zero-order valence-electron chi connectivity index (χ0n) is 27.7. The molecular formula is C39H42ClNO6. The van der Waals surface area contributed by atoms with Gasteiger partial charge < -0.3 is 23.8 Å². The molecule has 0 N–H and O–H groups in total. The number of hydrogen-bond donors (Lipinski definition) is 0. The Hall–Kier alpha value is -4.33. The molecule has 0 heterocycles. The van der Waals surface area contributed by atoms with Crippen molar-refractivity contribution < 1.29 is 28.5 Å². The molecule has 0 amide bonds. The quantitative estimate of drug-likeness (QED) is 0.106. The van der Waals surface area contributed by atoms with Crippen LogP contribution in [0.2, 0.25) is 5.02 Å². The van der Waals surface area contributed by atoms with Crippen molar-refractivity contribution in [2.75, 3.05) is 34.4 Å². The average Bonchev–Trinajstić information content (AvgIpc) is 3.58. The van der Waals surface area contributed by atoms with Crippen LogP contribution >= 0.6 is 11.6 Å². The summed E-state index contributed by atoms with van der Waals surface area (Å²) in [6, 6.07) is 21.8. The molecule has 0 fully saturated rings. The first kappa shape index (κ1) is 34.0. The molecule has 1 aliphatic carbocycles. The highest BCUT2D eigenvalue weighted by molar-refractivity contribution is 6.33. The summed E-state index contributed by atoms with van der Waals surface area (Å²) in [4.78, 5) is 29.3. The van der Waals surface area contributed by atoms with Gasteiger partial charge in [-0.3, -0.25) is 0 Å². The van der Waals surface area contributed by atoms with Crippen molar-refractivity contribution in [2.24, 2.45) is 0 Å². The van der Waals surface area contributed by atoms with E-state index in [2.05, 4.69) is 44.0 Å². The highest BCUT2D eigenvalue weighted by Crippen LogP contribution is 2.45. The number of benzene rings is 4. The SMILES string of the molecule is CCCc1c(C(CN(C)CC)c2ccc3c(c2)CCC3)cc(OC(=O)c2ccc(OC)cc2)c(OC(=O)c2ccc(OC)cc2)c1Cl. The lowest BCUT2D eigenvalue weighted by Gasteiger charge is -2.28. The third-order valence-corrected chi connectivity index (χ3v) is 9.21. The van der Waals surface area contributed by atoms with Crippen molar-refractivity contribution in [2.45, 2.75) is 51.9 Å². The number of aryl methyl sites for hydroxylation is 2. The number of rotatable bonds is 13. The molecule has 0 radical (unpaired) electrons. The summed E-state index contributed by atoms with van der Waals surface area (Å²) >= 11 is 7.22. The Bertz CT molecular complexity index is 1720. The number of ether oxygens (including phenoxy) is 4. The summed E-state index contributed by atoms with van der Waals surface area (Å²) < 4.78 is 22.5. The molecule has 0 spiro atoms. The Morgan fingerprint density at radius 2 is 1.40 bits per heavy atom. The van der Waals surface area contributed by atoms with Crippen LogP contribution in [0.4, 0.5) is 0 Å². The maximum absolute atomic E-state index is 13.5. The maximum atomic E-state index is 13.5. The zero-order valence-corrected chi connectivity index (χ0v) is 28.5. The third-order valence-electron chi connectivity index (χ3n) is 8.81. The van der Waals surface area contributed by atoms with E-state index in [1.165, 1.54) is 16.7 Å². The van der Waals surface area contributed by atoms with E-state index < -0.39 is 11.9 Å². The maximum Gasteiger partial charge on any atom is 0.343 e. The van der Waals surface area contributed by atoms with Gasteiger partial charge in [0.2, 0.25) is 0 Å². The van der Waals surface area contributed by atoms with Crippen molar-refractivity contribution in [3.8, 4) is 23.0 Å². The molecule has 4 aromatic rings. The van der Waals surface area contributed by atoms with E-state index in [0.717, 1.165) is 49.9 Å². The Morgan fingerprint density at radius 1 is 0.809 bits per heavy atom. The summed E-state index contributed by atoms with van der Waals surface area (Å²) in [5.74, 6) is -0.00233. The molecule has 5 rings (SSSR count). The van der Waals surface area contributed by atoms with Crippen LogP contribution in [0.15, 0.2) is 72.8 Å². The fourth-order valence-electron chi connectivity index (χ4n) is 6.05. The molecular weight excluding hydrogens is 614 g/mol. The second-order valence-corrected chi connectivity index (χ2v) is 12.2. The second-order valence-electron chi connectivity index (χ2n) is 11.9. The molecule has 1 unspecified atom stereocenters. The van der Waals surface area contributed by atoms with Crippen LogP contribution in [0.1, 0.15) is 81.1 Å². The van der Waals surface area contributed by atoms with Gasteiger partial charge in [-0.1, -0.05) is 50.1 Å². The minimum atomic E-state index is -0.632. The Kier molecular flexibility index (Phi) is 11.2. The number of hydrogen-bond acceptors (Lipinski definition) is 7. The highest BCUT2D eigenvalue weighted by atomic mass is 35.5. The predicted octanol–water partition coefficient (Wildman–Crippen LogP) is 8.32. The smallest absolute Gasteiger partial charge is 0.343 e. The molecule has 0 aromatic heterocycles. The lowest BCUT2D eigenvalue weighted by atomic mass is 9.84. The van der Waals surface area contributed by atoms with Crippen LogP contribution in [-0.4, -0.2) is 51.2 Å². The molecule has 47 heavy (non-hydrogen) atoms. The van der Waals surface area contributed by atoms with Gasteiger partial charge in [0.25, 0.3) is 0 Å². The van der Waals surface area contributed by atoms with Crippen molar-refractivity contribution in [1.29, 1.82) is 0 Å². The third kappa shape index (κ3) is 7.80. The second kappa shape index (κ2) is 15.5. The predicted molar refractivity (Wildman–Crippen MR) is 185 cm³/mol. The van der Waals surface area contributed by atoms with Crippen LogP contribution in [-0.2, 0) is 19.3 Å². The van der Waals surface area contributed by atoms with Crippen LogP contribution in [0, 0.1) is 0 Å². The van der Waals surface area contributed by atoms with Gasteiger partial charge in [0.05, 0.1) is 30.4 Å². The molecule has 0 saturated heterocycles. The van der Waals surface area contributed by atoms with Gasteiger partial charge in [-0.25, -0.2) is 9.59 Å². The standard InChI is InChI=1S/C39H42ClNO6/c1-6-9-32-33(34(24-41(3)7-2)29-13-12-25-10-8-11-28(25)22-29)23-35(46-38(42)26-14-18-30(44-4)19-15-26)37(36(32)40)47-39(43)27-16-20-31(45-5)21-17-27/h12-23,34H,6-11,24H2,1-5H3. The van der Waals surface area contributed by atoms with Gasteiger partial charge in [0.15, 0.2) is 11.5 Å². The number of carbonyl (C=O) groups excluding carboxylic acids is 2. The van der Waals surface area contributed by atoms with Crippen LogP contribution in [0.3, 0.4) is 0 Å². The molecule has 0 saturated carbocycles. The number of fused-ring (bicyclic) bond motifs is 1. The Balaban J connectivity index is 1.65. The van der Waals surface area contributed by atoms with Crippen LogP contribution in [0.25, 0.3) is 0 Å². The van der Waals surface area contributed by atoms with Gasteiger partial charge >= 0.3 is 11.9 Å². The first-order valence-electron chi connectivity index (χ1n) is 16.1. The molecule has 1 aliphatic rings. The summed E-state index contributed by atoms with van der Waals surface area (Å²) in [6.07, 6.45) is 4.77. The lowest BCUT2D eigenvalue weighted by Crippen LogP contribution is -2.26. The molecule has 246 valence electrons. The number of methoxy groups -OCH3 is 2. The number of halogens is 1. The van der Waals surface area contributed by atoms with Gasteiger partial charge in [-0.05, 0) is 122 Å². The fourth-order valence-corrected chi connectivity index (χ4v) is 6.38. The number of likely N-dealkylation sites (N-methyl/N-ethyl adjacent to an activating group) is 1. The van der Waals surface area contributed by atoms with Crippen molar-refractivity contribution in [1.82, 2.24) is 4.90 Å². The molecule has 7 nitrogen and oxygen atoms in total. The topological polar surface area (TPSA) is 74.3 Å². The molecule has 8 heteroatoms. The normalized spacial score (nSPS) is 12.8. The summed E-state index contributed by atoms with van der Waals surface area (Å²) in [5, 5.41) is 0.258.